The highest BCUT2D eigenvalue weighted by atomic mass is 16.5. The first-order valence-corrected chi connectivity index (χ1v) is 9.64. The predicted octanol–water partition coefficient (Wildman–Crippen LogP) is 5.19. The Kier molecular flexibility index (Phi) is 7.60. The van der Waals surface area contributed by atoms with Crippen LogP contribution in [0.1, 0.15) is 56.5 Å². The fraction of sp³-hybridized carbons (Fsp3) is 0.545. The molecule has 0 atom stereocenters. The van der Waals surface area contributed by atoms with Crippen molar-refractivity contribution in [2.75, 3.05) is 13.2 Å². The molecule has 0 spiro atoms. The van der Waals surface area contributed by atoms with E-state index in [0.717, 1.165) is 49.1 Å². The lowest BCUT2D eigenvalue weighted by atomic mass is 9.95. The van der Waals surface area contributed by atoms with Crippen LogP contribution in [0.4, 0.5) is 0 Å². The van der Waals surface area contributed by atoms with Gasteiger partial charge in [-0.25, -0.2) is 4.98 Å². The maximum atomic E-state index is 11.0. The summed E-state index contributed by atoms with van der Waals surface area (Å²) in [6, 6.07) is 8.20. The van der Waals surface area contributed by atoms with Crippen LogP contribution in [-0.2, 0) is 16.0 Å². The second-order valence-corrected chi connectivity index (χ2v) is 7.79. The van der Waals surface area contributed by atoms with Crippen LogP contribution in [0.5, 0.6) is 0 Å². The van der Waals surface area contributed by atoms with E-state index in [1.807, 2.05) is 19.1 Å². The van der Waals surface area contributed by atoms with Gasteiger partial charge in [0.1, 0.15) is 5.76 Å². The number of carboxylic acid groups (broad SMARTS) is 1. The van der Waals surface area contributed by atoms with Gasteiger partial charge in [-0.3, -0.25) is 4.79 Å². The molecule has 0 unspecified atom stereocenters. The average molecular weight is 373 g/mol. The molecule has 0 aliphatic carbocycles. The zero-order valence-electron chi connectivity index (χ0n) is 16.9. The van der Waals surface area contributed by atoms with Crippen molar-refractivity contribution < 1.29 is 19.1 Å². The van der Waals surface area contributed by atoms with E-state index in [2.05, 4.69) is 24.0 Å². The van der Waals surface area contributed by atoms with Crippen LogP contribution in [-0.4, -0.2) is 29.3 Å². The van der Waals surface area contributed by atoms with Crippen LogP contribution >= 0.6 is 0 Å². The molecule has 148 valence electrons. The molecule has 0 radical (unpaired) electrons. The van der Waals surface area contributed by atoms with E-state index in [0.29, 0.717) is 12.5 Å². The lowest BCUT2D eigenvalue weighted by molar-refractivity contribution is -0.150. The molecule has 2 rings (SSSR count). The number of carboxylic acids is 1. The zero-order chi connectivity index (χ0) is 19.9. The number of nitrogens with zero attached hydrogens (tertiary/aromatic N) is 1. The second-order valence-electron chi connectivity index (χ2n) is 7.79. The topological polar surface area (TPSA) is 72.6 Å². The molecular formula is C22H31NO4. The number of aryl methyl sites for hydroxylation is 3. The van der Waals surface area contributed by atoms with Gasteiger partial charge in [0, 0.05) is 12.2 Å². The molecule has 2 aromatic rings. The third kappa shape index (κ3) is 6.51. The number of rotatable bonds is 11. The number of hydrogen-bond acceptors (Lipinski definition) is 4. The summed E-state index contributed by atoms with van der Waals surface area (Å²) in [5, 5.41) is 9.04. The molecule has 0 amide bonds. The third-order valence-corrected chi connectivity index (χ3v) is 4.69. The smallest absolute Gasteiger partial charge is 0.311 e. The van der Waals surface area contributed by atoms with Crippen LogP contribution in [0, 0.1) is 19.3 Å². The van der Waals surface area contributed by atoms with Crippen molar-refractivity contribution in [1.82, 2.24) is 4.98 Å². The number of carbonyl (C=O) groups is 1. The summed E-state index contributed by atoms with van der Waals surface area (Å²) in [6.45, 7) is 8.26. The molecular weight excluding hydrogens is 342 g/mol. The van der Waals surface area contributed by atoms with Crippen molar-refractivity contribution in [3.05, 3.63) is 41.3 Å². The number of unbranched alkanes of at least 4 members (excludes halogenated alkanes) is 3. The van der Waals surface area contributed by atoms with Crippen molar-refractivity contribution in [3.63, 3.8) is 0 Å². The minimum Gasteiger partial charge on any atom is -0.481 e. The Bertz CT molecular complexity index is 731. The molecule has 0 saturated carbocycles. The molecule has 1 heterocycles. The van der Waals surface area contributed by atoms with Gasteiger partial charge in [-0.1, -0.05) is 30.5 Å². The number of benzene rings is 1. The van der Waals surface area contributed by atoms with E-state index >= 15 is 0 Å². The van der Waals surface area contributed by atoms with Gasteiger partial charge >= 0.3 is 5.97 Å². The summed E-state index contributed by atoms with van der Waals surface area (Å²) in [7, 11) is 0. The number of hydrogen-bond donors (Lipinski definition) is 1. The Morgan fingerprint density at radius 1 is 1.11 bits per heavy atom. The molecule has 1 aromatic carbocycles. The number of oxazole rings is 1. The standard InChI is InChI=1S/C22H31NO4/c1-16-10-12-18(13-11-16)20-23-19(17(2)27-20)9-7-5-6-8-14-26-15-22(3,4)21(24)25/h10-13H,5-9,14-15H2,1-4H3,(H,24,25). The van der Waals surface area contributed by atoms with Crippen LogP contribution in [0.25, 0.3) is 11.5 Å². The highest BCUT2D eigenvalue weighted by Crippen LogP contribution is 2.23. The first kappa shape index (κ1) is 21.2. The Hall–Kier alpha value is -2.14. The maximum absolute atomic E-state index is 11.0. The molecule has 0 aliphatic heterocycles. The largest absolute Gasteiger partial charge is 0.481 e. The summed E-state index contributed by atoms with van der Waals surface area (Å²) >= 11 is 0. The average Bonchev–Trinajstić information content (AvgIpc) is 2.98. The summed E-state index contributed by atoms with van der Waals surface area (Å²) in [6.07, 6.45) is 5.07. The van der Waals surface area contributed by atoms with E-state index in [-0.39, 0.29) is 6.61 Å². The molecule has 1 N–H and O–H groups in total. The summed E-state index contributed by atoms with van der Waals surface area (Å²) < 4.78 is 11.3. The van der Waals surface area contributed by atoms with Crippen molar-refractivity contribution in [2.24, 2.45) is 5.41 Å². The van der Waals surface area contributed by atoms with E-state index in [9.17, 15) is 4.79 Å². The fourth-order valence-electron chi connectivity index (χ4n) is 2.72. The number of aromatic nitrogens is 1. The van der Waals surface area contributed by atoms with Gasteiger partial charge in [-0.05, 0) is 59.1 Å². The maximum Gasteiger partial charge on any atom is 0.311 e. The lowest BCUT2D eigenvalue weighted by Gasteiger charge is -2.18. The minimum absolute atomic E-state index is 0.252. The monoisotopic (exact) mass is 373 g/mol. The van der Waals surface area contributed by atoms with E-state index in [1.165, 1.54) is 5.56 Å². The zero-order valence-corrected chi connectivity index (χ0v) is 16.9. The van der Waals surface area contributed by atoms with Crippen molar-refractivity contribution >= 4 is 5.97 Å². The molecule has 5 nitrogen and oxygen atoms in total. The Balaban J connectivity index is 1.66. The highest BCUT2D eigenvalue weighted by molar-refractivity contribution is 5.73. The van der Waals surface area contributed by atoms with Gasteiger partial charge in [0.2, 0.25) is 5.89 Å². The molecule has 0 bridgehead atoms. The van der Waals surface area contributed by atoms with Crippen LogP contribution in [0.15, 0.2) is 28.7 Å². The van der Waals surface area contributed by atoms with Crippen molar-refractivity contribution in [1.29, 1.82) is 0 Å². The molecule has 0 aliphatic rings. The molecule has 5 heteroatoms. The van der Waals surface area contributed by atoms with Gasteiger partial charge in [0.15, 0.2) is 0 Å². The van der Waals surface area contributed by atoms with E-state index in [4.69, 9.17) is 14.3 Å². The van der Waals surface area contributed by atoms with Gasteiger partial charge in [0.05, 0.1) is 17.7 Å². The van der Waals surface area contributed by atoms with Crippen LogP contribution < -0.4 is 0 Å². The fourth-order valence-corrected chi connectivity index (χ4v) is 2.72. The number of aliphatic carboxylic acids is 1. The molecule has 27 heavy (non-hydrogen) atoms. The van der Waals surface area contributed by atoms with Crippen LogP contribution in [0.2, 0.25) is 0 Å². The SMILES string of the molecule is Cc1ccc(-c2nc(CCCCCCOCC(C)(C)C(=O)O)c(C)o2)cc1. The molecule has 1 aromatic heterocycles. The first-order chi connectivity index (χ1) is 12.8. The van der Waals surface area contributed by atoms with Gasteiger partial charge in [-0.15, -0.1) is 0 Å². The van der Waals surface area contributed by atoms with Gasteiger partial charge in [-0.2, -0.15) is 0 Å². The van der Waals surface area contributed by atoms with Gasteiger partial charge < -0.3 is 14.3 Å². The van der Waals surface area contributed by atoms with Gasteiger partial charge in [0.25, 0.3) is 0 Å². The molecule has 0 saturated heterocycles. The van der Waals surface area contributed by atoms with E-state index in [1.54, 1.807) is 13.8 Å². The van der Waals surface area contributed by atoms with Crippen LogP contribution in [0.3, 0.4) is 0 Å². The lowest BCUT2D eigenvalue weighted by Crippen LogP contribution is -2.29. The van der Waals surface area contributed by atoms with Crippen molar-refractivity contribution in [3.8, 4) is 11.5 Å². The second kappa shape index (κ2) is 9.70. The highest BCUT2D eigenvalue weighted by Gasteiger charge is 2.27. The normalized spacial score (nSPS) is 11.7. The Morgan fingerprint density at radius 3 is 2.44 bits per heavy atom. The molecule has 0 fully saturated rings. The van der Waals surface area contributed by atoms with Crippen molar-refractivity contribution in [2.45, 2.75) is 59.8 Å². The van der Waals surface area contributed by atoms with E-state index < -0.39 is 11.4 Å². The predicted molar refractivity (Wildman–Crippen MR) is 106 cm³/mol. The third-order valence-electron chi connectivity index (χ3n) is 4.69. The Morgan fingerprint density at radius 2 is 1.78 bits per heavy atom. The summed E-state index contributed by atoms with van der Waals surface area (Å²) in [4.78, 5) is 15.7. The first-order valence-electron chi connectivity index (χ1n) is 9.64. The minimum atomic E-state index is -0.824. The Labute approximate surface area is 161 Å². The summed E-state index contributed by atoms with van der Waals surface area (Å²) in [5.41, 5.74) is 2.44. The summed E-state index contributed by atoms with van der Waals surface area (Å²) in [5.74, 6) is 0.761. The quantitative estimate of drug-likeness (QED) is 0.549. The number of ether oxygens (including phenoxy) is 1.